The Hall–Kier alpha value is -1.67. The van der Waals surface area contributed by atoms with E-state index in [2.05, 4.69) is 0 Å². The summed E-state index contributed by atoms with van der Waals surface area (Å²) < 4.78 is 38.1. The molecule has 1 fully saturated rings. The van der Waals surface area contributed by atoms with Gasteiger partial charge in [0.05, 0.1) is 18.3 Å². The number of nitriles is 1. The molecule has 21 heavy (non-hydrogen) atoms. The summed E-state index contributed by atoms with van der Waals surface area (Å²) in [6.45, 7) is 3.07. The Morgan fingerprint density at radius 3 is 2.52 bits per heavy atom. The maximum atomic E-state index is 13.7. The molecule has 0 radical (unpaired) electrons. The monoisotopic (exact) mass is 295 g/mol. The molecule has 1 aliphatic carbocycles. The van der Waals surface area contributed by atoms with Gasteiger partial charge in [0.15, 0.2) is 11.6 Å². The van der Waals surface area contributed by atoms with Crippen LogP contribution in [0.3, 0.4) is 0 Å². The maximum absolute atomic E-state index is 13.7. The lowest BCUT2D eigenvalue weighted by atomic mass is 9.88. The third kappa shape index (κ3) is 3.92. The Kier molecular flexibility index (Phi) is 5.51. The maximum Gasteiger partial charge on any atom is 0.201 e. The summed E-state index contributed by atoms with van der Waals surface area (Å²) in [6, 6.07) is 4.15. The number of hydrogen-bond acceptors (Lipinski definition) is 3. The molecule has 0 heterocycles. The fourth-order valence-corrected chi connectivity index (χ4v) is 2.64. The van der Waals surface area contributed by atoms with E-state index in [1.165, 1.54) is 12.1 Å². The van der Waals surface area contributed by atoms with Crippen LogP contribution in [0.25, 0.3) is 0 Å². The number of ether oxygens (including phenoxy) is 2. The molecule has 1 aromatic rings. The summed E-state index contributed by atoms with van der Waals surface area (Å²) in [5.41, 5.74) is -0.308. The van der Waals surface area contributed by atoms with Crippen LogP contribution in [-0.4, -0.2) is 19.3 Å². The van der Waals surface area contributed by atoms with Crippen molar-refractivity contribution >= 4 is 0 Å². The first kappa shape index (κ1) is 15.7. The molecule has 0 unspecified atom stereocenters. The van der Waals surface area contributed by atoms with E-state index in [1.807, 2.05) is 6.92 Å². The van der Waals surface area contributed by atoms with E-state index in [9.17, 15) is 8.78 Å². The Balaban J connectivity index is 1.87. The fourth-order valence-electron chi connectivity index (χ4n) is 2.64. The second-order valence-electron chi connectivity index (χ2n) is 5.26. The highest BCUT2D eigenvalue weighted by atomic mass is 19.2. The van der Waals surface area contributed by atoms with E-state index in [4.69, 9.17) is 14.7 Å². The zero-order chi connectivity index (χ0) is 15.2. The van der Waals surface area contributed by atoms with Gasteiger partial charge in [-0.1, -0.05) is 0 Å². The van der Waals surface area contributed by atoms with Crippen LogP contribution in [0.1, 0.15) is 38.2 Å². The molecular formula is C16H19F2NO2. The highest BCUT2D eigenvalue weighted by Crippen LogP contribution is 2.28. The van der Waals surface area contributed by atoms with E-state index in [0.717, 1.165) is 32.3 Å². The predicted molar refractivity (Wildman–Crippen MR) is 73.9 cm³/mol. The van der Waals surface area contributed by atoms with Crippen LogP contribution in [0.5, 0.6) is 5.75 Å². The molecule has 0 aliphatic heterocycles. The molecule has 0 amide bonds. The summed E-state index contributed by atoms with van der Waals surface area (Å²) in [5.74, 6) is -2.02. The van der Waals surface area contributed by atoms with Crippen LogP contribution < -0.4 is 4.74 Å². The standard InChI is InChI=1S/C16H19F2NO2/c1-2-20-13-6-3-11(4-7-13)10-21-14-8-5-12(9-19)15(17)16(14)18/h5,8,11,13H,2-4,6-7,10H2,1H3/t11-,13-. The van der Waals surface area contributed by atoms with Crippen LogP contribution in [0, 0.1) is 28.9 Å². The summed E-state index contributed by atoms with van der Waals surface area (Å²) >= 11 is 0. The van der Waals surface area contributed by atoms with Crippen molar-refractivity contribution in [3.05, 3.63) is 29.3 Å². The van der Waals surface area contributed by atoms with Gasteiger partial charge >= 0.3 is 0 Å². The molecule has 5 heteroatoms. The molecule has 0 spiro atoms. The first-order valence-electron chi connectivity index (χ1n) is 7.28. The van der Waals surface area contributed by atoms with Crippen molar-refractivity contribution in [1.29, 1.82) is 5.26 Å². The molecule has 1 saturated carbocycles. The Morgan fingerprint density at radius 1 is 1.19 bits per heavy atom. The van der Waals surface area contributed by atoms with Crippen molar-refractivity contribution in [2.45, 2.75) is 38.7 Å². The first-order valence-corrected chi connectivity index (χ1v) is 7.28. The molecule has 3 nitrogen and oxygen atoms in total. The van der Waals surface area contributed by atoms with Gasteiger partial charge in [-0.2, -0.15) is 9.65 Å². The molecule has 0 N–H and O–H groups in total. The van der Waals surface area contributed by atoms with Crippen LogP contribution in [0.4, 0.5) is 8.78 Å². The minimum Gasteiger partial charge on any atom is -0.490 e. The van der Waals surface area contributed by atoms with Crippen LogP contribution in [0.2, 0.25) is 0 Å². The summed E-state index contributed by atoms with van der Waals surface area (Å²) in [6.07, 6.45) is 4.20. The van der Waals surface area contributed by atoms with Gasteiger partial charge in [0.25, 0.3) is 0 Å². The largest absolute Gasteiger partial charge is 0.490 e. The molecule has 0 atom stereocenters. The van der Waals surface area contributed by atoms with Crippen LogP contribution in [-0.2, 0) is 4.74 Å². The van der Waals surface area contributed by atoms with E-state index >= 15 is 0 Å². The molecule has 1 aromatic carbocycles. The molecule has 0 saturated heterocycles. The molecular weight excluding hydrogens is 276 g/mol. The third-order valence-electron chi connectivity index (χ3n) is 3.84. The topological polar surface area (TPSA) is 42.2 Å². The zero-order valence-electron chi connectivity index (χ0n) is 12.1. The smallest absolute Gasteiger partial charge is 0.201 e. The molecule has 0 bridgehead atoms. The van der Waals surface area contributed by atoms with Gasteiger partial charge in [-0.15, -0.1) is 0 Å². The van der Waals surface area contributed by atoms with Gasteiger partial charge in [0.1, 0.15) is 6.07 Å². The van der Waals surface area contributed by atoms with E-state index < -0.39 is 11.6 Å². The summed E-state index contributed by atoms with van der Waals surface area (Å²) in [5, 5.41) is 8.63. The average molecular weight is 295 g/mol. The van der Waals surface area contributed by atoms with Crippen molar-refractivity contribution < 1.29 is 18.3 Å². The minimum atomic E-state index is -1.14. The van der Waals surface area contributed by atoms with Crippen LogP contribution >= 0.6 is 0 Å². The lowest BCUT2D eigenvalue weighted by molar-refractivity contribution is 0.0197. The average Bonchev–Trinajstić information content (AvgIpc) is 2.50. The number of nitrogens with zero attached hydrogens (tertiary/aromatic N) is 1. The van der Waals surface area contributed by atoms with Crippen molar-refractivity contribution in [2.75, 3.05) is 13.2 Å². The van der Waals surface area contributed by atoms with Crippen LogP contribution in [0.15, 0.2) is 12.1 Å². The Morgan fingerprint density at radius 2 is 1.90 bits per heavy atom. The normalized spacial score (nSPS) is 21.8. The third-order valence-corrected chi connectivity index (χ3v) is 3.84. The van der Waals surface area contributed by atoms with E-state index in [-0.39, 0.29) is 11.3 Å². The number of halogens is 2. The van der Waals surface area contributed by atoms with Gasteiger partial charge in [-0.3, -0.25) is 0 Å². The fraction of sp³-hybridized carbons (Fsp3) is 0.562. The molecule has 1 aliphatic rings. The minimum absolute atomic E-state index is 0.126. The van der Waals surface area contributed by atoms with Crippen molar-refractivity contribution in [2.24, 2.45) is 5.92 Å². The quantitative estimate of drug-likeness (QED) is 0.829. The van der Waals surface area contributed by atoms with E-state index in [1.54, 1.807) is 6.07 Å². The zero-order valence-corrected chi connectivity index (χ0v) is 12.1. The van der Waals surface area contributed by atoms with Crippen molar-refractivity contribution in [1.82, 2.24) is 0 Å². The predicted octanol–water partition coefficient (Wildman–Crippen LogP) is 3.81. The molecule has 0 aromatic heterocycles. The second-order valence-corrected chi connectivity index (χ2v) is 5.26. The first-order chi connectivity index (χ1) is 10.2. The lowest BCUT2D eigenvalue weighted by Crippen LogP contribution is -2.25. The Labute approximate surface area is 123 Å². The van der Waals surface area contributed by atoms with Crippen molar-refractivity contribution in [3.63, 3.8) is 0 Å². The number of rotatable bonds is 5. The van der Waals surface area contributed by atoms with Crippen molar-refractivity contribution in [3.8, 4) is 11.8 Å². The highest BCUT2D eigenvalue weighted by Gasteiger charge is 2.22. The number of benzene rings is 1. The Bertz CT molecular complexity index is 520. The summed E-state index contributed by atoms with van der Waals surface area (Å²) in [4.78, 5) is 0. The SMILES string of the molecule is CCO[C@H]1CC[C@H](COc2ccc(C#N)c(F)c2F)CC1. The van der Waals surface area contributed by atoms with Gasteiger partial charge < -0.3 is 9.47 Å². The van der Waals surface area contributed by atoms with Gasteiger partial charge in [0.2, 0.25) is 5.82 Å². The molecule has 2 rings (SSSR count). The van der Waals surface area contributed by atoms with E-state index in [0.29, 0.717) is 18.6 Å². The summed E-state index contributed by atoms with van der Waals surface area (Å²) in [7, 11) is 0. The number of hydrogen-bond donors (Lipinski definition) is 0. The second kappa shape index (κ2) is 7.37. The van der Waals surface area contributed by atoms with Gasteiger partial charge in [-0.05, 0) is 50.7 Å². The highest BCUT2D eigenvalue weighted by molar-refractivity contribution is 5.37. The lowest BCUT2D eigenvalue weighted by Gasteiger charge is -2.28. The molecule has 114 valence electrons. The van der Waals surface area contributed by atoms with Gasteiger partial charge in [0, 0.05) is 6.61 Å². The van der Waals surface area contributed by atoms with Gasteiger partial charge in [-0.25, -0.2) is 4.39 Å².